The van der Waals surface area contributed by atoms with Crippen molar-refractivity contribution in [2.75, 3.05) is 26.7 Å². The number of carbonyl (C=O) groups excluding carboxylic acids is 2. The number of piperidine rings is 1. The van der Waals surface area contributed by atoms with Crippen LogP contribution >= 0.6 is 0 Å². The van der Waals surface area contributed by atoms with Crippen LogP contribution in [-0.2, 0) is 9.53 Å². The zero-order chi connectivity index (χ0) is 21.6. The predicted octanol–water partition coefficient (Wildman–Crippen LogP) is 3.98. The molecule has 0 bridgehead atoms. The number of alkyl halides is 3. The minimum absolute atomic E-state index is 0.00698. The normalized spacial score (nSPS) is 16.3. The largest absolute Gasteiger partial charge is 0.573 e. The molecule has 0 saturated carbocycles. The van der Waals surface area contributed by atoms with E-state index in [2.05, 4.69) is 14.8 Å². The van der Waals surface area contributed by atoms with Crippen molar-refractivity contribution in [3.8, 4) is 5.75 Å². The molecule has 2 rings (SSSR count). The number of hydrogen-bond donors (Lipinski definition) is 1. The van der Waals surface area contributed by atoms with Gasteiger partial charge in [0, 0.05) is 19.6 Å². The lowest BCUT2D eigenvalue weighted by molar-refractivity contribution is -0.274. The molecule has 162 valence electrons. The van der Waals surface area contributed by atoms with E-state index in [4.69, 9.17) is 0 Å². The number of nitrogens with one attached hydrogen (secondary N) is 1. The van der Waals surface area contributed by atoms with Crippen molar-refractivity contribution >= 4 is 12.0 Å². The van der Waals surface area contributed by atoms with Crippen molar-refractivity contribution in [1.82, 2.24) is 10.2 Å². The molecule has 1 N–H and O–H groups in total. The van der Waals surface area contributed by atoms with E-state index in [9.17, 15) is 22.8 Å². The average molecular weight is 416 g/mol. The summed E-state index contributed by atoms with van der Waals surface area (Å²) in [5.41, 5.74) is 1.38. The Morgan fingerprint density at radius 3 is 2.45 bits per heavy atom. The van der Waals surface area contributed by atoms with E-state index in [-0.39, 0.29) is 30.0 Å². The first-order valence-electron chi connectivity index (χ1n) is 9.61. The molecule has 1 atom stereocenters. The number of likely N-dealkylation sites (tertiary alicyclic amines) is 1. The van der Waals surface area contributed by atoms with Crippen molar-refractivity contribution in [3.63, 3.8) is 0 Å². The van der Waals surface area contributed by atoms with Crippen LogP contribution in [0.2, 0.25) is 0 Å². The van der Waals surface area contributed by atoms with Crippen LogP contribution in [0.4, 0.5) is 18.0 Å². The van der Waals surface area contributed by atoms with E-state index < -0.39 is 12.5 Å². The monoisotopic (exact) mass is 416 g/mol. The molecule has 2 amide bonds. The molecule has 0 aliphatic carbocycles. The lowest BCUT2D eigenvalue weighted by atomic mass is 9.88. The Morgan fingerprint density at radius 1 is 1.28 bits per heavy atom. The zero-order valence-corrected chi connectivity index (χ0v) is 16.8. The molecule has 0 aromatic heterocycles. The van der Waals surface area contributed by atoms with E-state index in [0.717, 1.165) is 18.4 Å². The van der Waals surface area contributed by atoms with Gasteiger partial charge in [0.25, 0.3) is 0 Å². The van der Waals surface area contributed by atoms with Gasteiger partial charge in [-0.05, 0) is 49.3 Å². The second kappa shape index (κ2) is 9.84. The van der Waals surface area contributed by atoms with Crippen molar-refractivity contribution in [2.45, 2.75) is 45.4 Å². The van der Waals surface area contributed by atoms with Crippen LogP contribution in [0.15, 0.2) is 18.2 Å². The third-order valence-electron chi connectivity index (χ3n) is 5.22. The summed E-state index contributed by atoms with van der Waals surface area (Å²) in [6, 6.07) is 4.73. The fraction of sp³-hybridized carbons (Fsp3) is 0.600. The topological polar surface area (TPSA) is 67.9 Å². The van der Waals surface area contributed by atoms with Gasteiger partial charge < -0.3 is 19.7 Å². The summed E-state index contributed by atoms with van der Waals surface area (Å²) < 4.78 is 45.8. The number of aryl methyl sites for hydroxylation is 1. The maximum atomic E-state index is 12.7. The van der Waals surface area contributed by atoms with E-state index >= 15 is 0 Å². The van der Waals surface area contributed by atoms with Crippen LogP contribution in [0.25, 0.3) is 0 Å². The number of hydrogen-bond acceptors (Lipinski definition) is 4. The van der Waals surface area contributed by atoms with Gasteiger partial charge in [0.15, 0.2) is 0 Å². The highest BCUT2D eigenvalue weighted by molar-refractivity contribution is 5.80. The highest BCUT2D eigenvalue weighted by Gasteiger charge is 2.32. The Hall–Kier alpha value is -2.45. The van der Waals surface area contributed by atoms with Crippen LogP contribution in [0.1, 0.15) is 43.2 Å². The molecule has 1 heterocycles. The molecule has 6 nitrogen and oxygen atoms in total. The SMILES string of the molecule is CCC(CNC(=O)OC)C(=O)N1CCC(c2ccc(OC(F)(F)F)c(C)c2)CC1. The molecular weight excluding hydrogens is 389 g/mol. The fourth-order valence-corrected chi connectivity index (χ4v) is 3.54. The summed E-state index contributed by atoms with van der Waals surface area (Å²) in [7, 11) is 1.27. The molecule has 1 aliphatic rings. The number of alkyl carbamates (subject to hydrolysis) is 1. The van der Waals surface area contributed by atoms with Gasteiger partial charge in [-0.2, -0.15) is 0 Å². The molecular formula is C20H27F3N2O4. The maximum absolute atomic E-state index is 12.7. The molecule has 0 radical (unpaired) electrons. The molecule has 1 aromatic rings. The molecule has 29 heavy (non-hydrogen) atoms. The minimum Gasteiger partial charge on any atom is -0.453 e. The number of methoxy groups -OCH3 is 1. The molecule has 1 fully saturated rings. The lowest BCUT2D eigenvalue weighted by Crippen LogP contribution is -2.44. The van der Waals surface area contributed by atoms with E-state index in [1.165, 1.54) is 13.2 Å². The van der Waals surface area contributed by atoms with Gasteiger partial charge in [0.2, 0.25) is 5.91 Å². The van der Waals surface area contributed by atoms with Gasteiger partial charge in [0.05, 0.1) is 13.0 Å². The third-order valence-corrected chi connectivity index (χ3v) is 5.22. The predicted molar refractivity (Wildman–Crippen MR) is 101 cm³/mol. The van der Waals surface area contributed by atoms with Crippen molar-refractivity contribution in [2.24, 2.45) is 5.92 Å². The average Bonchev–Trinajstić information content (AvgIpc) is 2.68. The number of rotatable bonds is 6. The van der Waals surface area contributed by atoms with Crippen molar-refractivity contribution in [1.29, 1.82) is 0 Å². The van der Waals surface area contributed by atoms with Crippen LogP contribution in [0.3, 0.4) is 0 Å². The summed E-state index contributed by atoms with van der Waals surface area (Å²) in [5.74, 6) is -0.345. The Kier molecular flexibility index (Phi) is 7.75. The van der Waals surface area contributed by atoms with Crippen molar-refractivity contribution in [3.05, 3.63) is 29.3 Å². The summed E-state index contributed by atoms with van der Waals surface area (Å²) in [6.07, 6.45) is -3.22. The second-order valence-corrected chi connectivity index (χ2v) is 7.15. The molecule has 1 unspecified atom stereocenters. The van der Waals surface area contributed by atoms with Crippen LogP contribution in [-0.4, -0.2) is 50.0 Å². The van der Waals surface area contributed by atoms with E-state index in [1.807, 2.05) is 6.92 Å². The quantitative estimate of drug-likeness (QED) is 0.762. The van der Waals surface area contributed by atoms with Gasteiger partial charge in [-0.15, -0.1) is 13.2 Å². The minimum atomic E-state index is -4.71. The maximum Gasteiger partial charge on any atom is 0.573 e. The number of nitrogens with zero attached hydrogens (tertiary/aromatic N) is 1. The number of carbonyl (C=O) groups is 2. The number of halogens is 3. The number of ether oxygens (including phenoxy) is 2. The van der Waals surface area contributed by atoms with Gasteiger partial charge >= 0.3 is 12.5 Å². The highest BCUT2D eigenvalue weighted by atomic mass is 19.4. The standard InChI is InChI=1S/C20H27F3N2O4/c1-4-14(12-24-19(27)28-3)18(26)25-9-7-15(8-10-25)16-5-6-17(13(2)11-16)29-20(21,22)23/h5-6,11,14-15H,4,7-10,12H2,1-3H3,(H,24,27). The smallest absolute Gasteiger partial charge is 0.453 e. The summed E-state index contributed by atoms with van der Waals surface area (Å²) in [6.45, 7) is 4.84. The highest BCUT2D eigenvalue weighted by Crippen LogP contribution is 2.33. The number of benzene rings is 1. The van der Waals surface area contributed by atoms with E-state index in [1.54, 1.807) is 24.0 Å². The number of amides is 2. The van der Waals surface area contributed by atoms with Gasteiger partial charge in [-0.3, -0.25) is 4.79 Å². The second-order valence-electron chi connectivity index (χ2n) is 7.15. The van der Waals surface area contributed by atoms with Crippen LogP contribution in [0, 0.1) is 12.8 Å². The Bertz CT molecular complexity index is 716. The Labute approximate surface area is 168 Å². The Balaban J connectivity index is 1.93. The zero-order valence-electron chi connectivity index (χ0n) is 16.8. The summed E-state index contributed by atoms with van der Waals surface area (Å²) in [5, 5.41) is 2.56. The fourth-order valence-electron chi connectivity index (χ4n) is 3.54. The first-order chi connectivity index (χ1) is 13.6. The van der Waals surface area contributed by atoms with Crippen LogP contribution in [0.5, 0.6) is 5.75 Å². The Morgan fingerprint density at radius 2 is 1.93 bits per heavy atom. The first kappa shape index (κ1) is 22.8. The molecule has 1 saturated heterocycles. The summed E-state index contributed by atoms with van der Waals surface area (Å²) >= 11 is 0. The molecule has 1 aromatic carbocycles. The van der Waals surface area contributed by atoms with Crippen LogP contribution < -0.4 is 10.1 Å². The van der Waals surface area contributed by atoms with Gasteiger partial charge in [0.1, 0.15) is 5.75 Å². The molecule has 0 spiro atoms. The van der Waals surface area contributed by atoms with Gasteiger partial charge in [-0.1, -0.05) is 19.1 Å². The molecule has 1 aliphatic heterocycles. The van der Waals surface area contributed by atoms with E-state index in [0.29, 0.717) is 25.1 Å². The first-order valence-corrected chi connectivity index (χ1v) is 9.61. The third kappa shape index (κ3) is 6.54. The summed E-state index contributed by atoms with van der Waals surface area (Å²) in [4.78, 5) is 25.7. The van der Waals surface area contributed by atoms with Crippen molar-refractivity contribution < 1.29 is 32.2 Å². The molecule has 9 heteroatoms. The van der Waals surface area contributed by atoms with Gasteiger partial charge in [-0.25, -0.2) is 4.79 Å². The lowest BCUT2D eigenvalue weighted by Gasteiger charge is -2.34.